The van der Waals surface area contributed by atoms with Gasteiger partial charge in [0.25, 0.3) is 0 Å². The molecule has 10 nitrogen and oxygen atoms in total. The number of aliphatic hydroxyl groups is 2. The summed E-state index contributed by atoms with van der Waals surface area (Å²) in [5.74, 6) is -6.82. The van der Waals surface area contributed by atoms with Crippen LogP contribution in [-0.2, 0) is 9.59 Å². The molecule has 0 amide bonds. The van der Waals surface area contributed by atoms with Gasteiger partial charge in [0.05, 0.1) is 44.9 Å². The average Bonchev–Trinajstić information content (AvgIpc) is 2.87. The minimum absolute atomic E-state index is 0.0188. The molecule has 0 heterocycles. The SMILES string of the molecule is CC(=O)[C@H]1c2cc3ccc(-c4c5c(c(O)c6c(O)cccc46)C(=O)C[C@](C)(O)[C@H]5C(C)=O)c(O)c3c(O)c2C(=O)C[C@]1(C)O. The molecule has 4 aromatic rings. The first-order valence-electron chi connectivity index (χ1n) is 14.0. The second kappa shape index (κ2) is 9.35. The highest BCUT2D eigenvalue weighted by Crippen LogP contribution is 2.56. The molecule has 0 aliphatic heterocycles. The largest absolute Gasteiger partial charge is 0.507 e. The Morgan fingerprint density at radius 1 is 0.727 bits per heavy atom. The second-order valence-electron chi connectivity index (χ2n) is 12.5. The van der Waals surface area contributed by atoms with Gasteiger partial charge in [-0.1, -0.05) is 18.2 Å². The summed E-state index contributed by atoms with van der Waals surface area (Å²) >= 11 is 0. The molecular formula is C34H30O10. The standard InChI is InChI=1S/C34H30O10/c1-13(35)28-18-10-15-8-9-17(30(40)22(15)31(41)25(18)20(38)11-33(28,3)43)23-16-6-5-7-19(37)24(16)32(42)26-21(39)12-34(4,44)29(14(2)36)27(23)26/h5-10,28-29,37,40-44H,11-12H2,1-4H3/t28-,29-,33-,34-/m0/s1. The lowest BCUT2D eigenvalue weighted by Gasteiger charge is -2.38. The summed E-state index contributed by atoms with van der Waals surface area (Å²) in [6.45, 7) is 5.21. The van der Waals surface area contributed by atoms with Crippen molar-refractivity contribution in [1.29, 1.82) is 0 Å². The van der Waals surface area contributed by atoms with Crippen LogP contribution in [0, 0.1) is 0 Å². The molecule has 4 atom stereocenters. The molecule has 0 fully saturated rings. The van der Waals surface area contributed by atoms with Crippen LogP contribution in [0.4, 0.5) is 0 Å². The van der Waals surface area contributed by atoms with E-state index in [2.05, 4.69) is 0 Å². The van der Waals surface area contributed by atoms with Crippen molar-refractivity contribution in [1.82, 2.24) is 0 Å². The van der Waals surface area contributed by atoms with Gasteiger partial charge in [0.15, 0.2) is 11.6 Å². The van der Waals surface area contributed by atoms with Crippen molar-refractivity contribution >= 4 is 44.7 Å². The predicted molar refractivity (Wildman–Crippen MR) is 160 cm³/mol. The number of carbonyl (C=O) groups excluding carboxylic acids is 4. The van der Waals surface area contributed by atoms with Crippen molar-refractivity contribution in [3.05, 3.63) is 58.7 Å². The van der Waals surface area contributed by atoms with E-state index in [4.69, 9.17) is 0 Å². The van der Waals surface area contributed by atoms with Crippen LogP contribution in [0.15, 0.2) is 36.4 Å². The fraction of sp³-hybridized carbons (Fsp3) is 0.294. The Morgan fingerprint density at radius 2 is 1.30 bits per heavy atom. The van der Waals surface area contributed by atoms with Crippen molar-refractivity contribution in [3.8, 4) is 34.1 Å². The van der Waals surface area contributed by atoms with E-state index < -0.39 is 76.3 Å². The fourth-order valence-electron chi connectivity index (χ4n) is 7.56. The Labute approximate surface area is 250 Å². The summed E-state index contributed by atoms with van der Waals surface area (Å²) in [4.78, 5) is 52.3. The van der Waals surface area contributed by atoms with Gasteiger partial charge in [-0.05, 0) is 73.4 Å². The number of hydrogen-bond donors (Lipinski definition) is 6. The number of phenols is 4. The zero-order valence-corrected chi connectivity index (χ0v) is 24.3. The predicted octanol–water partition coefficient (Wildman–Crippen LogP) is 4.50. The van der Waals surface area contributed by atoms with Crippen molar-refractivity contribution in [2.45, 2.75) is 63.6 Å². The van der Waals surface area contributed by atoms with Crippen LogP contribution < -0.4 is 0 Å². The summed E-state index contributed by atoms with van der Waals surface area (Å²) in [6, 6.07) is 8.67. The molecule has 2 aliphatic rings. The third-order valence-corrected chi connectivity index (χ3v) is 9.13. The molecule has 0 bridgehead atoms. The topological polar surface area (TPSA) is 190 Å². The molecule has 226 valence electrons. The number of fused-ring (bicyclic) bond motifs is 4. The summed E-state index contributed by atoms with van der Waals surface area (Å²) in [7, 11) is 0. The highest BCUT2D eigenvalue weighted by Gasteiger charge is 2.49. The lowest BCUT2D eigenvalue weighted by Crippen LogP contribution is -2.43. The minimum atomic E-state index is -1.86. The number of hydrogen-bond acceptors (Lipinski definition) is 10. The smallest absolute Gasteiger partial charge is 0.169 e. The van der Waals surface area contributed by atoms with Gasteiger partial charge in [0, 0.05) is 18.4 Å². The van der Waals surface area contributed by atoms with Gasteiger partial charge in [-0.2, -0.15) is 0 Å². The Hall–Kier alpha value is -4.80. The van der Waals surface area contributed by atoms with Gasteiger partial charge < -0.3 is 30.6 Å². The molecule has 4 aromatic carbocycles. The Balaban J connectivity index is 1.78. The maximum absolute atomic E-state index is 13.4. The van der Waals surface area contributed by atoms with E-state index in [1.165, 1.54) is 64.1 Å². The molecule has 2 aliphatic carbocycles. The Kier molecular flexibility index (Phi) is 6.22. The number of carbonyl (C=O) groups is 4. The lowest BCUT2D eigenvalue weighted by atomic mass is 9.67. The summed E-state index contributed by atoms with van der Waals surface area (Å²) in [5, 5.41) is 67.7. The van der Waals surface area contributed by atoms with Gasteiger partial charge in [-0.25, -0.2) is 0 Å². The first kappa shape index (κ1) is 29.3. The van der Waals surface area contributed by atoms with Crippen molar-refractivity contribution in [3.63, 3.8) is 0 Å². The number of Topliss-reactive ketones (excluding diaryl/α,β-unsaturated/α-hetero) is 4. The number of phenolic OH excluding ortho intramolecular Hbond substituents is 4. The molecule has 0 saturated carbocycles. The van der Waals surface area contributed by atoms with Crippen LogP contribution >= 0.6 is 0 Å². The fourth-order valence-corrected chi connectivity index (χ4v) is 7.56. The van der Waals surface area contributed by atoms with Crippen LogP contribution in [-0.4, -0.2) is 65.0 Å². The van der Waals surface area contributed by atoms with Crippen LogP contribution in [0.3, 0.4) is 0 Å². The molecular weight excluding hydrogens is 568 g/mol. The Bertz CT molecular complexity index is 2020. The van der Waals surface area contributed by atoms with E-state index in [1.54, 1.807) is 0 Å². The molecule has 0 spiro atoms. The second-order valence-corrected chi connectivity index (χ2v) is 12.5. The lowest BCUT2D eigenvalue weighted by molar-refractivity contribution is -0.125. The van der Waals surface area contributed by atoms with Gasteiger partial charge in [0.2, 0.25) is 0 Å². The first-order chi connectivity index (χ1) is 20.5. The third kappa shape index (κ3) is 3.87. The Morgan fingerprint density at radius 3 is 1.91 bits per heavy atom. The molecule has 6 N–H and O–H groups in total. The molecule has 6 rings (SSSR count). The maximum atomic E-state index is 13.4. The van der Waals surface area contributed by atoms with Crippen molar-refractivity contribution < 1.29 is 49.8 Å². The first-order valence-corrected chi connectivity index (χ1v) is 14.0. The maximum Gasteiger partial charge on any atom is 0.169 e. The quantitative estimate of drug-likeness (QED) is 0.196. The number of benzene rings is 4. The highest BCUT2D eigenvalue weighted by molar-refractivity contribution is 6.19. The number of ketones is 4. The van der Waals surface area contributed by atoms with Crippen LogP contribution in [0.5, 0.6) is 23.0 Å². The van der Waals surface area contributed by atoms with Gasteiger partial charge >= 0.3 is 0 Å². The monoisotopic (exact) mass is 598 g/mol. The summed E-state index contributed by atoms with van der Waals surface area (Å²) < 4.78 is 0. The third-order valence-electron chi connectivity index (χ3n) is 9.13. The molecule has 0 saturated heterocycles. The minimum Gasteiger partial charge on any atom is -0.507 e. The van der Waals surface area contributed by atoms with Crippen molar-refractivity contribution in [2.75, 3.05) is 0 Å². The van der Waals surface area contributed by atoms with E-state index in [9.17, 15) is 49.8 Å². The summed E-state index contributed by atoms with van der Waals surface area (Å²) in [5.41, 5.74) is -3.95. The van der Waals surface area contributed by atoms with Gasteiger partial charge in [-0.15, -0.1) is 0 Å². The van der Waals surface area contributed by atoms with E-state index in [0.717, 1.165) is 0 Å². The van der Waals surface area contributed by atoms with Crippen LogP contribution in [0.1, 0.15) is 84.2 Å². The summed E-state index contributed by atoms with van der Waals surface area (Å²) in [6.07, 6.45) is -0.938. The van der Waals surface area contributed by atoms with Crippen LogP contribution in [0.25, 0.3) is 32.7 Å². The molecule has 0 radical (unpaired) electrons. The zero-order valence-electron chi connectivity index (χ0n) is 24.3. The van der Waals surface area contributed by atoms with Crippen LogP contribution in [0.2, 0.25) is 0 Å². The molecule has 44 heavy (non-hydrogen) atoms. The molecule has 0 unspecified atom stereocenters. The van der Waals surface area contributed by atoms with E-state index in [1.807, 2.05) is 0 Å². The van der Waals surface area contributed by atoms with E-state index in [0.29, 0.717) is 0 Å². The zero-order chi connectivity index (χ0) is 32.2. The average molecular weight is 599 g/mol. The van der Waals surface area contributed by atoms with Crippen molar-refractivity contribution in [2.24, 2.45) is 0 Å². The number of aromatic hydroxyl groups is 4. The number of rotatable bonds is 3. The van der Waals surface area contributed by atoms with Gasteiger partial charge in [0.1, 0.15) is 34.6 Å². The van der Waals surface area contributed by atoms with Gasteiger partial charge in [-0.3, -0.25) is 19.2 Å². The normalized spacial score (nSPS) is 24.8. The van der Waals surface area contributed by atoms with E-state index in [-0.39, 0.29) is 60.7 Å². The molecule has 10 heteroatoms. The van der Waals surface area contributed by atoms with E-state index >= 15 is 0 Å². The molecule has 0 aromatic heterocycles. The highest BCUT2D eigenvalue weighted by atomic mass is 16.3.